The van der Waals surface area contributed by atoms with Gasteiger partial charge in [-0.05, 0) is 19.3 Å². The van der Waals surface area contributed by atoms with Crippen LogP contribution in [0.1, 0.15) is 45.4 Å². The Morgan fingerprint density at radius 1 is 1.42 bits per heavy atom. The second-order valence-electron chi connectivity index (χ2n) is 3.96. The van der Waals surface area contributed by atoms with Crippen molar-refractivity contribution in [2.24, 2.45) is 11.7 Å². The van der Waals surface area contributed by atoms with Crippen molar-refractivity contribution in [3.05, 3.63) is 0 Å². The smallest absolute Gasteiger partial charge is 0.146 e. The predicted octanol–water partition coefficient (Wildman–Crippen LogP) is 1.87. The Kier molecular flexibility index (Phi) is 3.73. The standard InChI is InChI=1S/C10H19NO/c1-8(12)10(11)7-9-5-3-2-4-6-9/h9-10H,2-7,11H2,1H3/t10-/m0/s1. The van der Waals surface area contributed by atoms with Crippen molar-refractivity contribution in [2.45, 2.75) is 51.5 Å². The van der Waals surface area contributed by atoms with Crippen molar-refractivity contribution in [1.82, 2.24) is 0 Å². The fourth-order valence-corrected chi connectivity index (χ4v) is 1.95. The number of carbonyl (C=O) groups excluding carboxylic acids is 1. The van der Waals surface area contributed by atoms with Gasteiger partial charge >= 0.3 is 0 Å². The minimum absolute atomic E-state index is 0.139. The maximum Gasteiger partial charge on any atom is 0.146 e. The van der Waals surface area contributed by atoms with Gasteiger partial charge in [-0.15, -0.1) is 0 Å². The molecular formula is C10H19NO. The summed E-state index contributed by atoms with van der Waals surface area (Å²) < 4.78 is 0. The molecule has 1 aliphatic carbocycles. The molecule has 2 nitrogen and oxygen atoms in total. The van der Waals surface area contributed by atoms with Crippen molar-refractivity contribution >= 4 is 5.78 Å². The van der Waals surface area contributed by atoms with Gasteiger partial charge in [0.25, 0.3) is 0 Å². The molecule has 0 unspecified atom stereocenters. The van der Waals surface area contributed by atoms with Crippen LogP contribution in [-0.2, 0) is 4.79 Å². The molecule has 12 heavy (non-hydrogen) atoms. The van der Waals surface area contributed by atoms with Gasteiger partial charge in [0.1, 0.15) is 5.78 Å². The van der Waals surface area contributed by atoms with Gasteiger partial charge in [0.2, 0.25) is 0 Å². The van der Waals surface area contributed by atoms with Gasteiger partial charge in [0.15, 0.2) is 0 Å². The van der Waals surface area contributed by atoms with E-state index in [1.54, 1.807) is 6.92 Å². The first-order valence-corrected chi connectivity index (χ1v) is 4.96. The maximum atomic E-state index is 10.9. The Hall–Kier alpha value is -0.370. The SMILES string of the molecule is CC(=O)[C@@H](N)CC1CCCCC1. The molecule has 0 aromatic heterocycles. The third-order valence-electron chi connectivity index (χ3n) is 2.83. The number of hydrogen-bond donors (Lipinski definition) is 1. The molecule has 0 amide bonds. The Labute approximate surface area is 74.5 Å². The highest BCUT2D eigenvalue weighted by molar-refractivity contribution is 5.81. The van der Waals surface area contributed by atoms with Crippen molar-refractivity contribution in [1.29, 1.82) is 0 Å². The van der Waals surface area contributed by atoms with Crippen LogP contribution in [0.15, 0.2) is 0 Å². The fraction of sp³-hybridized carbons (Fsp3) is 0.900. The van der Waals surface area contributed by atoms with E-state index in [0.717, 1.165) is 12.3 Å². The number of ketones is 1. The highest BCUT2D eigenvalue weighted by Crippen LogP contribution is 2.26. The van der Waals surface area contributed by atoms with Gasteiger partial charge in [-0.25, -0.2) is 0 Å². The summed E-state index contributed by atoms with van der Waals surface area (Å²) in [5.74, 6) is 0.859. The van der Waals surface area contributed by atoms with Crippen molar-refractivity contribution in [3.8, 4) is 0 Å². The Morgan fingerprint density at radius 2 is 2.00 bits per heavy atom. The number of rotatable bonds is 3. The zero-order valence-corrected chi connectivity index (χ0v) is 7.88. The molecule has 1 aliphatic rings. The Morgan fingerprint density at radius 3 is 2.50 bits per heavy atom. The van der Waals surface area contributed by atoms with E-state index in [-0.39, 0.29) is 11.8 Å². The van der Waals surface area contributed by atoms with Gasteiger partial charge in [0.05, 0.1) is 6.04 Å². The van der Waals surface area contributed by atoms with E-state index in [1.807, 2.05) is 0 Å². The third kappa shape index (κ3) is 2.94. The molecule has 1 rings (SSSR count). The largest absolute Gasteiger partial charge is 0.322 e. The van der Waals surface area contributed by atoms with E-state index in [9.17, 15) is 4.79 Å². The van der Waals surface area contributed by atoms with Crippen LogP contribution in [0.4, 0.5) is 0 Å². The second kappa shape index (κ2) is 4.61. The Balaban J connectivity index is 2.24. The summed E-state index contributed by atoms with van der Waals surface area (Å²) in [7, 11) is 0. The van der Waals surface area contributed by atoms with Crippen molar-refractivity contribution < 1.29 is 4.79 Å². The maximum absolute atomic E-state index is 10.9. The molecule has 0 aliphatic heterocycles. The van der Waals surface area contributed by atoms with Gasteiger partial charge in [-0.3, -0.25) is 4.79 Å². The van der Waals surface area contributed by atoms with Crippen LogP contribution >= 0.6 is 0 Å². The zero-order valence-electron chi connectivity index (χ0n) is 7.88. The first-order valence-electron chi connectivity index (χ1n) is 4.96. The minimum atomic E-state index is -0.201. The van der Waals surface area contributed by atoms with Gasteiger partial charge in [-0.1, -0.05) is 32.1 Å². The van der Waals surface area contributed by atoms with E-state index in [1.165, 1.54) is 32.1 Å². The predicted molar refractivity (Wildman–Crippen MR) is 49.8 cm³/mol. The molecule has 0 heterocycles. The van der Waals surface area contributed by atoms with Crippen LogP contribution in [0.2, 0.25) is 0 Å². The highest BCUT2D eigenvalue weighted by Gasteiger charge is 2.18. The molecule has 0 aromatic carbocycles. The quantitative estimate of drug-likeness (QED) is 0.701. The summed E-state index contributed by atoms with van der Waals surface area (Å²) in [4.78, 5) is 10.9. The zero-order chi connectivity index (χ0) is 8.97. The molecule has 1 saturated carbocycles. The van der Waals surface area contributed by atoms with Crippen LogP contribution < -0.4 is 5.73 Å². The van der Waals surface area contributed by atoms with Crippen LogP contribution in [0.5, 0.6) is 0 Å². The summed E-state index contributed by atoms with van der Waals surface area (Å²) in [6, 6.07) is -0.201. The van der Waals surface area contributed by atoms with Gasteiger partial charge < -0.3 is 5.73 Å². The molecule has 0 spiro atoms. The van der Waals surface area contributed by atoms with E-state index in [0.29, 0.717) is 0 Å². The monoisotopic (exact) mass is 169 g/mol. The topological polar surface area (TPSA) is 43.1 Å². The average molecular weight is 169 g/mol. The summed E-state index contributed by atoms with van der Waals surface area (Å²) in [5.41, 5.74) is 5.70. The number of nitrogens with two attached hydrogens (primary N) is 1. The first kappa shape index (κ1) is 9.72. The summed E-state index contributed by atoms with van der Waals surface area (Å²) in [5, 5.41) is 0. The second-order valence-corrected chi connectivity index (χ2v) is 3.96. The number of hydrogen-bond acceptors (Lipinski definition) is 2. The normalized spacial score (nSPS) is 22.2. The lowest BCUT2D eigenvalue weighted by atomic mass is 9.84. The van der Waals surface area contributed by atoms with E-state index in [4.69, 9.17) is 5.73 Å². The lowest BCUT2D eigenvalue weighted by Gasteiger charge is -2.23. The summed E-state index contributed by atoms with van der Waals surface area (Å²) in [6.45, 7) is 1.59. The van der Waals surface area contributed by atoms with Crippen molar-refractivity contribution in [3.63, 3.8) is 0 Å². The van der Waals surface area contributed by atoms with Gasteiger partial charge in [0, 0.05) is 0 Å². The van der Waals surface area contributed by atoms with E-state index in [2.05, 4.69) is 0 Å². The first-order chi connectivity index (χ1) is 5.70. The molecular weight excluding hydrogens is 150 g/mol. The highest BCUT2D eigenvalue weighted by atomic mass is 16.1. The van der Waals surface area contributed by atoms with Crippen molar-refractivity contribution in [2.75, 3.05) is 0 Å². The molecule has 0 bridgehead atoms. The number of Topliss-reactive ketones (excluding diaryl/α,β-unsaturated/α-hetero) is 1. The van der Waals surface area contributed by atoms with Crippen LogP contribution in [0.25, 0.3) is 0 Å². The lowest BCUT2D eigenvalue weighted by molar-refractivity contribution is -0.118. The van der Waals surface area contributed by atoms with E-state index >= 15 is 0 Å². The molecule has 1 atom stereocenters. The number of carbonyl (C=O) groups is 1. The molecule has 70 valence electrons. The fourth-order valence-electron chi connectivity index (χ4n) is 1.95. The average Bonchev–Trinajstić information content (AvgIpc) is 2.06. The van der Waals surface area contributed by atoms with Gasteiger partial charge in [-0.2, -0.15) is 0 Å². The summed E-state index contributed by atoms with van der Waals surface area (Å²) >= 11 is 0. The molecule has 1 fully saturated rings. The molecule has 2 heteroatoms. The molecule has 2 N–H and O–H groups in total. The minimum Gasteiger partial charge on any atom is -0.322 e. The van der Waals surface area contributed by atoms with E-state index < -0.39 is 0 Å². The molecule has 0 radical (unpaired) electrons. The van der Waals surface area contributed by atoms with Crippen LogP contribution in [0.3, 0.4) is 0 Å². The molecule has 0 aromatic rings. The third-order valence-corrected chi connectivity index (χ3v) is 2.83. The Bertz CT molecular complexity index is 150. The molecule has 0 saturated heterocycles. The summed E-state index contributed by atoms with van der Waals surface area (Å²) in [6.07, 6.45) is 7.49. The van der Waals surface area contributed by atoms with Crippen LogP contribution in [-0.4, -0.2) is 11.8 Å². The van der Waals surface area contributed by atoms with Crippen LogP contribution in [0, 0.1) is 5.92 Å². The lowest BCUT2D eigenvalue weighted by Crippen LogP contribution is -2.31.